The van der Waals surface area contributed by atoms with Gasteiger partial charge < -0.3 is 10.4 Å². The molecule has 1 fully saturated rings. The van der Waals surface area contributed by atoms with Gasteiger partial charge in [-0.15, -0.1) is 0 Å². The molecule has 2 N–H and O–H groups in total. The van der Waals surface area contributed by atoms with Crippen LogP contribution in [0.3, 0.4) is 0 Å². The highest BCUT2D eigenvalue weighted by Crippen LogP contribution is 2.31. The highest BCUT2D eigenvalue weighted by atomic mass is 35.5. The molecule has 0 atom stereocenters. The summed E-state index contributed by atoms with van der Waals surface area (Å²) in [5, 5.41) is 13.6. The van der Waals surface area contributed by atoms with E-state index in [0.717, 1.165) is 19.3 Å². The van der Waals surface area contributed by atoms with Gasteiger partial charge in [-0.05, 0) is 19.3 Å². The number of nitrogens with one attached hydrogen (secondary N) is 1. The third kappa shape index (κ3) is 3.12. The summed E-state index contributed by atoms with van der Waals surface area (Å²) < 4.78 is 0. The monoisotopic (exact) mass is 269 g/mol. The van der Waals surface area contributed by atoms with Crippen LogP contribution in [0.25, 0.3) is 0 Å². The minimum atomic E-state index is -0.570. The van der Waals surface area contributed by atoms with Crippen LogP contribution in [-0.2, 0) is 5.41 Å². The van der Waals surface area contributed by atoms with Gasteiger partial charge in [-0.2, -0.15) is 0 Å². The first kappa shape index (κ1) is 13.6. The van der Waals surface area contributed by atoms with Gasteiger partial charge in [0, 0.05) is 18.0 Å². The van der Waals surface area contributed by atoms with Crippen molar-refractivity contribution in [1.82, 2.24) is 9.97 Å². The summed E-state index contributed by atoms with van der Waals surface area (Å²) in [6, 6.07) is 1.69. The maximum absolute atomic E-state index is 10.0. The van der Waals surface area contributed by atoms with E-state index in [1.165, 1.54) is 0 Å². The van der Waals surface area contributed by atoms with Crippen molar-refractivity contribution in [2.24, 2.45) is 0 Å². The van der Waals surface area contributed by atoms with Gasteiger partial charge in [-0.1, -0.05) is 32.4 Å². The first-order chi connectivity index (χ1) is 8.28. The summed E-state index contributed by atoms with van der Waals surface area (Å²) in [5.74, 6) is 1.39. The van der Waals surface area contributed by atoms with Crippen molar-refractivity contribution in [3.63, 3.8) is 0 Å². The lowest BCUT2D eigenvalue weighted by atomic mass is 9.80. The molecule has 5 heteroatoms. The second-order valence-corrected chi connectivity index (χ2v) is 6.47. The molecular formula is C13H20ClN3O. The SMILES string of the molecule is CC(C)(C)c1nc(Cl)cc(NCC2(O)CCC2)n1. The predicted octanol–water partition coefficient (Wildman–Crippen LogP) is 2.75. The lowest BCUT2D eigenvalue weighted by molar-refractivity contribution is -0.0202. The first-order valence-corrected chi connectivity index (χ1v) is 6.68. The number of rotatable bonds is 3. The van der Waals surface area contributed by atoms with E-state index in [1.54, 1.807) is 6.07 Å². The second kappa shape index (κ2) is 4.67. The molecule has 18 heavy (non-hydrogen) atoms. The Kier molecular flexibility index (Phi) is 3.52. The van der Waals surface area contributed by atoms with Crippen molar-refractivity contribution < 1.29 is 5.11 Å². The normalized spacial score (nSPS) is 18.3. The number of nitrogens with zero attached hydrogens (tertiary/aromatic N) is 2. The van der Waals surface area contributed by atoms with E-state index < -0.39 is 5.60 Å². The van der Waals surface area contributed by atoms with E-state index in [1.807, 2.05) is 20.8 Å². The van der Waals surface area contributed by atoms with Gasteiger partial charge in [0.25, 0.3) is 0 Å². The van der Waals surface area contributed by atoms with Crippen LogP contribution < -0.4 is 5.32 Å². The predicted molar refractivity (Wildman–Crippen MR) is 73.0 cm³/mol. The molecule has 0 bridgehead atoms. The average Bonchev–Trinajstić information content (AvgIpc) is 2.22. The van der Waals surface area contributed by atoms with Crippen molar-refractivity contribution in [2.75, 3.05) is 11.9 Å². The molecule has 0 aliphatic heterocycles. The zero-order valence-electron chi connectivity index (χ0n) is 11.1. The maximum Gasteiger partial charge on any atom is 0.137 e. The third-order valence-electron chi connectivity index (χ3n) is 3.25. The van der Waals surface area contributed by atoms with Gasteiger partial charge >= 0.3 is 0 Å². The van der Waals surface area contributed by atoms with Crippen LogP contribution >= 0.6 is 11.6 Å². The van der Waals surface area contributed by atoms with E-state index in [4.69, 9.17) is 11.6 Å². The zero-order valence-corrected chi connectivity index (χ0v) is 11.9. The highest BCUT2D eigenvalue weighted by Gasteiger charge is 2.34. The Morgan fingerprint density at radius 2 is 2.06 bits per heavy atom. The number of hydrogen-bond acceptors (Lipinski definition) is 4. The first-order valence-electron chi connectivity index (χ1n) is 6.30. The molecular weight excluding hydrogens is 250 g/mol. The van der Waals surface area contributed by atoms with Gasteiger partial charge in [0.2, 0.25) is 0 Å². The molecule has 1 aromatic rings. The number of halogens is 1. The molecule has 0 radical (unpaired) electrons. The Hall–Kier alpha value is -0.870. The minimum Gasteiger partial charge on any atom is -0.388 e. The Morgan fingerprint density at radius 1 is 1.39 bits per heavy atom. The molecule has 0 spiro atoms. The molecule has 0 amide bonds. The molecule has 1 aromatic heterocycles. The lowest BCUT2D eigenvalue weighted by Crippen LogP contribution is -2.43. The number of aliphatic hydroxyl groups is 1. The minimum absolute atomic E-state index is 0.144. The van der Waals surface area contributed by atoms with Crippen molar-refractivity contribution >= 4 is 17.4 Å². The van der Waals surface area contributed by atoms with Gasteiger partial charge in [-0.3, -0.25) is 0 Å². The van der Waals surface area contributed by atoms with Crippen molar-refractivity contribution in [3.8, 4) is 0 Å². The molecule has 100 valence electrons. The molecule has 1 aliphatic rings. The lowest BCUT2D eigenvalue weighted by Gasteiger charge is -2.36. The van der Waals surface area contributed by atoms with E-state index in [-0.39, 0.29) is 5.41 Å². The fourth-order valence-electron chi connectivity index (χ4n) is 1.86. The summed E-state index contributed by atoms with van der Waals surface area (Å²) >= 11 is 6.00. The van der Waals surface area contributed by atoms with E-state index in [9.17, 15) is 5.11 Å². The Bertz CT molecular complexity index is 438. The largest absolute Gasteiger partial charge is 0.388 e. The Labute approximate surface area is 113 Å². The Morgan fingerprint density at radius 3 is 2.56 bits per heavy atom. The van der Waals surface area contributed by atoms with E-state index in [0.29, 0.717) is 23.3 Å². The summed E-state index contributed by atoms with van der Waals surface area (Å²) in [5.41, 5.74) is -0.714. The molecule has 1 saturated carbocycles. The Balaban J connectivity index is 2.10. The maximum atomic E-state index is 10.0. The summed E-state index contributed by atoms with van der Waals surface area (Å²) in [6.45, 7) is 6.65. The van der Waals surface area contributed by atoms with Gasteiger partial charge in [0.05, 0.1) is 5.60 Å². The van der Waals surface area contributed by atoms with Crippen LogP contribution in [0.4, 0.5) is 5.82 Å². The van der Waals surface area contributed by atoms with Crippen molar-refractivity contribution in [1.29, 1.82) is 0 Å². The van der Waals surface area contributed by atoms with Crippen LogP contribution in [-0.4, -0.2) is 27.2 Å². The van der Waals surface area contributed by atoms with Crippen molar-refractivity contribution in [3.05, 3.63) is 17.0 Å². The highest BCUT2D eigenvalue weighted by molar-refractivity contribution is 6.29. The molecule has 0 saturated heterocycles. The summed E-state index contributed by atoms with van der Waals surface area (Å²) in [4.78, 5) is 8.68. The summed E-state index contributed by atoms with van der Waals surface area (Å²) in [6.07, 6.45) is 2.80. The molecule has 0 unspecified atom stereocenters. The molecule has 4 nitrogen and oxygen atoms in total. The average molecular weight is 270 g/mol. The molecule has 1 heterocycles. The third-order valence-corrected chi connectivity index (χ3v) is 3.44. The number of aromatic nitrogens is 2. The van der Waals surface area contributed by atoms with Crippen LogP contribution in [0.1, 0.15) is 45.9 Å². The quantitative estimate of drug-likeness (QED) is 0.829. The smallest absolute Gasteiger partial charge is 0.137 e. The van der Waals surface area contributed by atoms with E-state index in [2.05, 4.69) is 15.3 Å². The number of hydrogen-bond donors (Lipinski definition) is 2. The fraction of sp³-hybridized carbons (Fsp3) is 0.692. The molecule has 1 aliphatic carbocycles. The standard InChI is InChI=1S/C13H20ClN3O/c1-12(2,3)11-16-9(14)7-10(17-11)15-8-13(18)5-4-6-13/h7,18H,4-6,8H2,1-3H3,(H,15,16,17). The topological polar surface area (TPSA) is 58.0 Å². The molecule has 2 rings (SSSR count). The van der Waals surface area contributed by atoms with Crippen LogP contribution in [0, 0.1) is 0 Å². The number of anilines is 1. The van der Waals surface area contributed by atoms with Gasteiger partial charge in [-0.25, -0.2) is 9.97 Å². The second-order valence-electron chi connectivity index (χ2n) is 6.08. The van der Waals surface area contributed by atoms with Crippen molar-refractivity contribution in [2.45, 2.75) is 51.0 Å². The fourth-order valence-corrected chi connectivity index (χ4v) is 2.04. The molecule has 0 aromatic carbocycles. The summed E-state index contributed by atoms with van der Waals surface area (Å²) in [7, 11) is 0. The van der Waals surface area contributed by atoms with Crippen LogP contribution in [0.2, 0.25) is 5.15 Å². The van der Waals surface area contributed by atoms with Crippen LogP contribution in [0.5, 0.6) is 0 Å². The van der Waals surface area contributed by atoms with Gasteiger partial charge in [0.15, 0.2) is 0 Å². The van der Waals surface area contributed by atoms with Crippen LogP contribution in [0.15, 0.2) is 6.07 Å². The van der Waals surface area contributed by atoms with Gasteiger partial charge in [0.1, 0.15) is 16.8 Å². The zero-order chi connectivity index (χ0) is 13.4. The van der Waals surface area contributed by atoms with E-state index >= 15 is 0 Å².